The van der Waals surface area contributed by atoms with E-state index in [0.29, 0.717) is 10.8 Å². The molecular formula is C8H10BClO4. The molecule has 0 aliphatic rings. The maximum atomic E-state index is 9.04. The molecule has 76 valence electrons. The van der Waals surface area contributed by atoms with E-state index < -0.39 is 7.12 Å². The van der Waals surface area contributed by atoms with E-state index in [-0.39, 0.29) is 11.2 Å². The van der Waals surface area contributed by atoms with Crippen molar-refractivity contribution in [1.82, 2.24) is 0 Å². The molecule has 0 heterocycles. The van der Waals surface area contributed by atoms with Gasteiger partial charge in [0, 0.05) is 16.6 Å². The Morgan fingerprint density at radius 3 is 2.29 bits per heavy atom. The van der Waals surface area contributed by atoms with Crippen LogP contribution < -0.4 is 14.9 Å². The van der Waals surface area contributed by atoms with Crippen molar-refractivity contribution in [3.63, 3.8) is 0 Å². The normalized spacial score (nSPS) is 9.79. The van der Waals surface area contributed by atoms with Crippen molar-refractivity contribution in [2.75, 3.05) is 14.2 Å². The smallest absolute Gasteiger partial charge is 0.492 e. The van der Waals surface area contributed by atoms with Crippen molar-refractivity contribution in [2.24, 2.45) is 0 Å². The van der Waals surface area contributed by atoms with E-state index in [4.69, 9.17) is 31.1 Å². The molecule has 0 atom stereocenters. The Morgan fingerprint density at radius 2 is 1.86 bits per heavy atom. The fraction of sp³-hybridized carbons (Fsp3) is 0.250. The number of hydrogen-bond donors (Lipinski definition) is 2. The van der Waals surface area contributed by atoms with Crippen LogP contribution in [0.25, 0.3) is 0 Å². The molecule has 6 heteroatoms. The van der Waals surface area contributed by atoms with Gasteiger partial charge in [0.15, 0.2) is 11.5 Å². The summed E-state index contributed by atoms with van der Waals surface area (Å²) in [6.45, 7) is 0. The second kappa shape index (κ2) is 4.55. The third-order valence-corrected chi connectivity index (χ3v) is 1.97. The Bertz CT molecular complexity index is 329. The number of hydrogen-bond acceptors (Lipinski definition) is 4. The maximum Gasteiger partial charge on any atom is 0.492 e. The Morgan fingerprint density at radius 1 is 1.21 bits per heavy atom. The van der Waals surface area contributed by atoms with Crippen LogP contribution in [0.4, 0.5) is 0 Å². The molecule has 0 aromatic heterocycles. The maximum absolute atomic E-state index is 9.04. The third-order valence-electron chi connectivity index (χ3n) is 1.75. The minimum Gasteiger partial charge on any atom is -0.493 e. The molecular weight excluding hydrogens is 206 g/mol. The van der Waals surface area contributed by atoms with Gasteiger partial charge in [0.05, 0.1) is 14.2 Å². The van der Waals surface area contributed by atoms with Crippen LogP contribution in [0.1, 0.15) is 0 Å². The number of ether oxygens (including phenoxy) is 2. The number of halogens is 1. The lowest BCUT2D eigenvalue weighted by Gasteiger charge is -2.12. The SMILES string of the molecule is COc1cc(Cl)cc(B(O)O)c1OC. The van der Waals surface area contributed by atoms with Crippen LogP contribution in [-0.4, -0.2) is 31.4 Å². The summed E-state index contributed by atoms with van der Waals surface area (Å²) in [7, 11) is 1.22. The van der Waals surface area contributed by atoms with E-state index >= 15 is 0 Å². The molecule has 0 spiro atoms. The predicted octanol–water partition coefficient (Wildman–Crippen LogP) is 0.0370. The van der Waals surface area contributed by atoms with Crippen LogP contribution in [0, 0.1) is 0 Å². The number of rotatable bonds is 3. The van der Waals surface area contributed by atoms with Crippen molar-refractivity contribution in [3.8, 4) is 11.5 Å². The molecule has 0 unspecified atom stereocenters. The van der Waals surface area contributed by atoms with Gasteiger partial charge >= 0.3 is 7.12 Å². The number of methoxy groups -OCH3 is 2. The summed E-state index contributed by atoms with van der Waals surface area (Å²) < 4.78 is 9.96. The van der Waals surface area contributed by atoms with Crippen LogP contribution in [0.3, 0.4) is 0 Å². The van der Waals surface area contributed by atoms with E-state index in [1.54, 1.807) is 0 Å². The van der Waals surface area contributed by atoms with Gasteiger partial charge in [0.25, 0.3) is 0 Å². The summed E-state index contributed by atoms with van der Waals surface area (Å²) in [5.74, 6) is 0.634. The van der Waals surface area contributed by atoms with E-state index in [2.05, 4.69) is 0 Å². The molecule has 14 heavy (non-hydrogen) atoms. The van der Waals surface area contributed by atoms with Crippen LogP contribution in [0.2, 0.25) is 5.02 Å². The monoisotopic (exact) mass is 216 g/mol. The lowest BCUT2D eigenvalue weighted by Crippen LogP contribution is -2.31. The summed E-state index contributed by atoms with van der Waals surface area (Å²) in [5.41, 5.74) is 0.178. The molecule has 0 fully saturated rings. The quantitative estimate of drug-likeness (QED) is 0.700. The van der Waals surface area contributed by atoms with Gasteiger partial charge in [-0.2, -0.15) is 0 Å². The lowest BCUT2D eigenvalue weighted by molar-refractivity contribution is 0.354. The number of benzene rings is 1. The highest BCUT2D eigenvalue weighted by Crippen LogP contribution is 2.28. The molecule has 0 aliphatic carbocycles. The van der Waals surface area contributed by atoms with E-state index in [1.807, 2.05) is 0 Å². The Labute approximate surface area is 87.2 Å². The van der Waals surface area contributed by atoms with Gasteiger partial charge in [-0.25, -0.2) is 0 Å². The highest BCUT2D eigenvalue weighted by molar-refractivity contribution is 6.60. The second-order valence-corrected chi connectivity index (χ2v) is 3.04. The largest absolute Gasteiger partial charge is 0.493 e. The van der Waals surface area contributed by atoms with Crippen molar-refractivity contribution in [1.29, 1.82) is 0 Å². The second-order valence-electron chi connectivity index (χ2n) is 2.60. The molecule has 0 aliphatic heterocycles. The summed E-state index contributed by atoms with van der Waals surface area (Å²) >= 11 is 5.74. The first-order valence-corrected chi connectivity index (χ1v) is 4.25. The molecule has 0 amide bonds. The van der Waals surface area contributed by atoms with Gasteiger partial charge in [-0.05, 0) is 6.07 Å². The van der Waals surface area contributed by atoms with Crippen molar-refractivity contribution in [3.05, 3.63) is 17.2 Å². The Kier molecular flexibility index (Phi) is 3.63. The van der Waals surface area contributed by atoms with Crippen molar-refractivity contribution >= 4 is 24.2 Å². The molecule has 0 bridgehead atoms. The Hall–Kier alpha value is -0.905. The molecule has 0 saturated heterocycles. The summed E-state index contributed by atoms with van der Waals surface area (Å²) in [4.78, 5) is 0. The van der Waals surface area contributed by atoms with E-state index in [1.165, 1.54) is 26.4 Å². The molecule has 1 aromatic carbocycles. The van der Waals surface area contributed by atoms with Gasteiger partial charge in [-0.3, -0.25) is 0 Å². The zero-order chi connectivity index (χ0) is 10.7. The summed E-state index contributed by atoms with van der Waals surface area (Å²) in [5, 5.41) is 18.4. The molecule has 2 N–H and O–H groups in total. The first kappa shape index (κ1) is 11.2. The van der Waals surface area contributed by atoms with E-state index in [0.717, 1.165) is 0 Å². The first-order chi connectivity index (χ1) is 6.60. The minimum atomic E-state index is -1.64. The van der Waals surface area contributed by atoms with Gasteiger partial charge in [0.2, 0.25) is 0 Å². The summed E-state index contributed by atoms with van der Waals surface area (Å²) in [6, 6.07) is 2.94. The fourth-order valence-electron chi connectivity index (χ4n) is 1.15. The van der Waals surface area contributed by atoms with Gasteiger partial charge in [0.1, 0.15) is 0 Å². The minimum absolute atomic E-state index is 0.178. The van der Waals surface area contributed by atoms with Gasteiger partial charge in [-0.15, -0.1) is 0 Å². The zero-order valence-corrected chi connectivity index (χ0v) is 8.58. The van der Waals surface area contributed by atoms with Crippen molar-refractivity contribution < 1.29 is 19.5 Å². The molecule has 0 radical (unpaired) electrons. The molecule has 0 saturated carbocycles. The van der Waals surface area contributed by atoms with Crippen LogP contribution >= 0.6 is 11.6 Å². The average molecular weight is 216 g/mol. The summed E-state index contributed by atoms with van der Waals surface area (Å²) in [6.07, 6.45) is 0. The standard InChI is InChI=1S/C8H10BClO4/c1-13-7-4-5(10)3-6(9(11)12)8(7)14-2/h3-4,11-12H,1-2H3. The fourth-order valence-corrected chi connectivity index (χ4v) is 1.37. The molecule has 1 aromatic rings. The lowest BCUT2D eigenvalue weighted by atomic mass is 9.79. The van der Waals surface area contributed by atoms with Crippen LogP contribution in [0.15, 0.2) is 12.1 Å². The van der Waals surface area contributed by atoms with E-state index in [9.17, 15) is 0 Å². The topological polar surface area (TPSA) is 58.9 Å². The molecule has 1 rings (SSSR count). The van der Waals surface area contributed by atoms with Crippen molar-refractivity contribution in [2.45, 2.75) is 0 Å². The molecule has 4 nitrogen and oxygen atoms in total. The average Bonchev–Trinajstić information content (AvgIpc) is 2.16. The zero-order valence-electron chi connectivity index (χ0n) is 7.82. The predicted molar refractivity (Wildman–Crippen MR) is 54.4 cm³/mol. The van der Waals surface area contributed by atoms with Gasteiger partial charge in [-0.1, -0.05) is 11.6 Å². The van der Waals surface area contributed by atoms with Gasteiger partial charge < -0.3 is 19.5 Å². The van der Waals surface area contributed by atoms with Crippen LogP contribution in [0.5, 0.6) is 11.5 Å². The Balaban J connectivity index is 3.31. The highest BCUT2D eigenvalue weighted by atomic mass is 35.5. The third kappa shape index (κ3) is 2.12. The van der Waals surface area contributed by atoms with Crippen LogP contribution in [-0.2, 0) is 0 Å². The highest BCUT2D eigenvalue weighted by Gasteiger charge is 2.21. The first-order valence-electron chi connectivity index (χ1n) is 3.87.